The lowest BCUT2D eigenvalue weighted by Crippen LogP contribution is -2.39. The molecule has 1 aromatic carbocycles. The van der Waals surface area contributed by atoms with E-state index in [1.54, 1.807) is 44.4 Å². The molecular formula is C22H25FN4O3S. The number of amides is 1. The van der Waals surface area contributed by atoms with Crippen LogP contribution < -0.4 is 20.7 Å². The fourth-order valence-electron chi connectivity index (χ4n) is 2.97. The summed E-state index contributed by atoms with van der Waals surface area (Å²) in [5.74, 6) is -0.152. The number of hydrogen-bond donors (Lipinski definition) is 4. The molecular weight excluding hydrogens is 419 g/mol. The van der Waals surface area contributed by atoms with Gasteiger partial charge < -0.3 is 25.8 Å². The van der Waals surface area contributed by atoms with Crippen LogP contribution in [0.2, 0.25) is 0 Å². The van der Waals surface area contributed by atoms with Crippen molar-refractivity contribution in [2.75, 3.05) is 18.5 Å². The van der Waals surface area contributed by atoms with Gasteiger partial charge >= 0.3 is 0 Å². The lowest BCUT2D eigenvalue weighted by Gasteiger charge is -2.24. The van der Waals surface area contributed by atoms with Crippen LogP contribution in [0.25, 0.3) is 0 Å². The van der Waals surface area contributed by atoms with Gasteiger partial charge in [0.25, 0.3) is 5.91 Å². The number of pyridine rings is 1. The molecule has 0 spiro atoms. The highest BCUT2D eigenvalue weighted by atomic mass is 32.1. The first-order valence-electron chi connectivity index (χ1n) is 9.83. The molecule has 0 aliphatic carbocycles. The third kappa shape index (κ3) is 6.47. The van der Waals surface area contributed by atoms with E-state index in [-0.39, 0.29) is 17.5 Å². The number of ether oxygens (including phenoxy) is 1. The molecule has 2 heterocycles. The topological polar surface area (TPSA) is 95.5 Å². The molecule has 164 valence electrons. The molecule has 9 heteroatoms. The Morgan fingerprint density at radius 1 is 1.39 bits per heavy atom. The fraction of sp³-hybridized carbons (Fsp3) is 0.318. The van der Waals surface area contributed by atoms with Gasteiger partial charge in [-0.25, -0.2) is 4.39 Å². The van der Waals surface area contributed by atoms with Gasteiger partial charge in [-0.05, 0) is 38.1 Å². The zero-order chi connectivity index (χ0) is 22.4. The Morgan fingerprint density at radius 2 is 2.19 bits per heavy atom. The highest BCUT2D eigenvalue weighted by Gasteiger charge is 2.24. The van der Waals surface area contributed by atoms with Gasteiger partial charge in [-0.1, -0.05) is 18.3 Å². The van der Waals surface area contributed by atoms with E-state index in [1.807, 2.05) is 0 Å². The van der Waals surface area contributed by atoms with Crippen molar-refractivity contribution in [1.29, 1.82) is 0 Å². The molecule has 1 aromatic heterocycles. The van der Waals surface area contributed by atoms with Crippen LogP contribution in [0, 0.1) is 5.82 Å². The van der Waals surface area contributed by atoms with E-state index in [0.29, 0.717) is 42.2 Å². The number of halogens is 1. The Labute approximate surface area is 185 Å². The summed E-state index contributed by atoms with van der Waals surface area (Å²) < 4.78 is 19.2. The number of nitrogens with one attached hydrogen (secondary N) is 3. The van der Waals surface area contributed by atoms with E-state index in [1.165, 1.54) is 12.1 Å². The van der Waals surface area contributed by atoms with Crippen molar-refractivity contribution in [3.63, 3.8) is 0 Å². The van der Waals surface area contributed by atoms with E-state index in [2.05, 4.69) is 20.9 Å². The van der Waals surface area contributed by atoms with Crippen molar-refractivity contribution in [3.8, 4) is 5.75 Å². The van der Waals surface area contributed by atoms with Crippen LogP contribution in [0.15, 0.2) is 54.0 Å². The van der Waals surface area contributed by atoms with Crippen molar-refractivity contribution < 1.29 is 19.0 Å². The van der Waals surface area contributed by atoms with Crippen molar-refractivity contribution in [2.24, 2.45) is 0 Å². The molecule has 0 unspecified atom stereocenters. The van der Waals surface area contributed by atoms with Crippen molar-refractivity contribution in [3.05, 3.63) is 65.4 Å². The van der Waals surface area contributed by atoms with Gasteiger partial charge in [0.15, 0.2) is 0 Å². The molecule has 0 saturated heterocycles. The average Bonchev–Trinajstić information content (AvgIpc) is 2.70. The maximum Gasteiger partial charge on any atom is 0.256 e. The van der Waals surface area contributed by atoms with Crippen LogP contribution >= 0.6 is 12.2 Å². The summed E-state index contributed by atoms with van der Waals surface area (Å²) in [4.78, 5) is 16.8. The standard InChI is InChI=1S/C22H25FN4O3S/c1-22(2,29)13-30-18-12-24-8-6-14(18)11-26-17-7-9-25-20(28)19(17)21(31)27-16-5-3-4-15(23)10-16/h3-6,8,10,12,26,29H,7,9,11,13H2,1-2H3,(H,25,28)(H,27,31). The van der Waals surface area contributed by atoms with Crippen LogP contribution in [0.3, 0.4) is 0 Å². The summed E-state index contributed by atoms with van der Waals surface area (Å²) in [5, 5.41) is 18.9. The van der Waals surface area contributed by atoms with Gasteiger partial charge in [0, 0.05) is 42.7 Å². The molecule has 3 rings (SSSR count). The molecule has 31 heavy (non-hydrogen) atoms. The first-order chi connectivity index (χ1) is 14.7. The van der Waals surface area contributed by atoms with Crippen LogP contribution in [0.5, 0.6) is 5.75 Å². The highest BCUT2D eigenvalue weighted by molar-refractivity contribution is 7.81. The quantitative estimate of drug-likeness (QED) is 0.465. The smallest absolute Gasteiger partial charge is 0.256 e. The maximum absolute atomic E-state index is 13.5. The number of thiocarbonyl (C=S) groups is 1. The number of carbonyl (C=O) groups excluding carboxylic acids is 1. The first-order valence-corrected chi connectivity index (χ1v) is 10.2. The predicted molar refractivity (Wildman–Crippen MR) is 120 cm³/mol. The number of aliphatic hydroxyl groups is 1. The second kappa shape index (κ2) is 9.84. The SMILES string of the molecule is CC(C)(O)COc1cnccc1CNC1=C(C(=S)Nc2cccc(F)c2)C(=O)NCC1. The van der Waals surface area contributed by atoms with Crippen LogP contribution in [-0.2, 0) is 11.3 Å². The Hall–Kier alpha value is -3.04. The van der Waals surface area contributed by atoms with Gasteiger partial charge in [0.05, 0.1) is 17.4 Å². The lowest BCUT2D eigenvalue weighted by atomic mass is 10.1. The van der Waals surface area contributed by atoms with Crippen LogP contribution in [0.4, 0.5) is 10.1 Å². The van der Waals surface area contributed by atoms with E-state index in [0.717, 1.165) is 5.56 Å². The Kier molecular flexibility index (Phi) is 7.19. The first kappa shape index (κ1) is 22.6. The number of rotatable bonds is 8. The third-order valence-electron chi connectivity index (χ3n) is 4.44. The number of carbonyl (C=O) groups is 1. The zero-order valence-electron chi connectivity index (χ0n) is 17.4. The predicted octanol–water partition coefficient (Wildman–Crippen LogP) is 2.67. The number of benzene rings is 1. The Bertz CT molecular complexity index is 1000. The van der Waals surface area contributed by atoms with Gasteiger partial charge in [0.2, 0.25) is 0 Å². The molecule has 1 aliphatic heterocycles. The van der Waals surface area contributed by atoms with Gasteiger partial charge in [0.1, 0.15) is 23.2 Å². The fourth-order valence-corrected chi connectivity index (χ4v) is 3.30. The minimum Gasteiger partial charge on any atom is -0.489 e. The molecule has 7 nitrogen and oxygen atoms in total. The van der Waals surface area contributed by atoms with E-state index in [4.69, 9.17) is 17.0 Å². The van der Waals surface area contributed by atoms with E-state index in [9.17, 15) is 14.3 Å². The summed E-state index contributed by atoms with van der Waals surface area (Å²) in [5.41, 5.74) is 1.31. The molecule has 1 amide bonds. The number of aromatic nitrogens is 1. The monoisotopic (exact) mass is 444 g/mol. The normalized spacial score (nSPS) is 14.1. The van der Waals surface area contributed by atoms with Crippen molar-refractivity contribution in [1.82, 2.24) is 15.6 Å². The van der Waals surface area contributed by atoms with Crippen molar-refractivity contribution >= 4 is 28.8 Å². The second-order valence-corrected chi connectivity index (χ2v) is 8.17. The number of anilines is 1. The minimum atomic E-state index is -0.980. The molecule has 4 N–H and O–H groups in total. The Morgan fingerprint density at radius 3 is 2.94 bits per heavy atom. The Balaban J connectivity index is 1.77. The summed E-state index contributed by atoms with van der Waals surface area (Å²) >= 11 is 5.44. The van der Waals surface area contributed by atoms with Gasteiger partial charge in [-0.3, -0.25) is 9.78 Å². The third-order valence-corrected chi connectivity index (χ3v) is 4.75. The van der Waals surface area contributed by atoms with E-state index >= 15 is 0 Å². The molecule has 0 fully saturated rings. The molecule has 0 saturated carbocycles. The maximum atomic E-state index is 13.5. The summed E-state index contributed by atoms with van der Waals surface area (Å²) in [6, 6.07) is 7.68. The highest BCUT2D eigenvalue weighted by Crippen LogP contribution is 2.21. The average molecular weight is 445 g/mol. The second-order valence-electron chi connectivity index (χ2n) is 7.76. The van der Waals surface area contributed by atoms with Crippen LogP contribution in [0.1, 0.15) is 25.8 Å². The molecule has 0 bridgehead atoms. The summed E-state index contributed by atoms with van der Waals surface area (Å²) in [6.07, 6.45) is 3.80. The summed E-state index contributed by atoms with van der Waals surface area (Å²) in [6.45, 7) is 4.28. The van der Waals surface area contributed by atoms with Crippen molar-refractivity contribution in [2.45, 2.75) is 32.4 Å². The summed E-state index contributed by atoms with van der Waals surface area (Å²) in [7, 11) is 0. The minimum absolute atomic E-state index is 0.115. The molecule has 2 aromatic rings. The van der Waals surface area contributed by atoms with E-state index < -0.39 is 11.4 Å². The molecule has 0 radical (unpaired) electrons. The molecule has 1 aliphatic rings. The van der Waals surface area contributed by atoms with Gasteiger partial charge in [-0.15, -0.1) is 0 Å². The number of hydrogen-bond acceptors (Lipinski definition) is 6. The van der Waals surface area contributed by atoms with Crippen LogP contribution in [-0.4, -0.2) is 39.7 Å². The van der Waals surface area contributed by atoms with Gasteiger partial charge in [-0.2, -0.15) is 0 Å². The molecule has 0 atom stereocenters. The number of nitrogens with zero attached hydrogens (tertiary/aromatic N) is 1. The largest absolute Gasteiger partial charge is 0.489 e. The zero-order valence-corrected chi connectivity index (χ0v) is 18.2. The lowest BCUT2D eigenvalue weighted by molar-refractivity contribution is -0.117.